The van der Waals surface area contributed by atoms with Gasteiger partial charge in [0.2, 0.25) is 0 Å². The van der Waals surface area contributed by atoms with Crippen molar-refractivity contribution in [3.05, 3.63) is 53.3 Å². The summed E-state index contributed by atoms with van der Waals surface area (Å²) in [6, 6.07) is 11.4. The molecule has 6 nitrogen and oxygen atoms in total. The molecule has 1 aromatic heterocycles. The van der Waals surface area contributed by atoms with Gasteiger partial charge in [0.25, 0.3) is 0 Å². The van der Waals surface area contributed by atoms with Crippen molar-refractivity contribution >= 4 is 41.5 Å². The summed E-state index contributed by atoms with van der Waals surface area (Å²) in [6.45, 7) is 4.95. The summed E-state index contributed by atoms with van der Waals surface area (Å²) in [5.41, 5.74) is 1.13. The Morgan fingerprint density at radius 3 is 2.50 bits per heavy atom. The van der Waals surface area contributed by atoms with Gasteiger partial charge in [-0.15, -0.1) is 24.0 Å². The first-order valence-corrected chi connectivity index (χ1v) is 9.48. The number of hydrogen-bond acceptors (Lipinski definition) is 4. The van der Waals surface area contributed by atoms with Gasteiger partial charge in [-0.1, -0.05) is 17.7 Å². The van der Waals surface area contributed by atoms with Gasteiger partial charge >= 0.3 is 0 Å². The molecule has 0 fully saturated rings. The van der Waals surface area contributed by atoms with E-state index in [0.29, 0.717) is 18.3 Å². The fraction of sp³-hybridized carbons (Fsp3) is 0.400. The van der Waals surface area contributed by atoms with Gasteiger partial charge in [-0.3, -0.25) is 4.99 Å². The second-order valence-electron chi connectivity index (χ2n) is 5.80. The van der Waals surface area contributed by atoms with Gasteiger partial charge in [-0.05, 0) is 49.2 Å². The number of ether oxygens (including phenoxy) is 2. The maximum Gasteiger partial charge on any atom is 0.191 e. The molecule has 0 atom stereocenters. The number of rotatable bonds is 10. The molecule has 2 aromatic rings. The van der Waals surface area contributed by atoms with Gasteiger partial charge in [0.15, 0.2) is 5.96 Å². The predicted molar refractivity (Wildman–Crippen MR) is 125 cm³/mol. The molecule has 0 aliphatic carbocycles. The van der Waals surface area contributed by atoms with Crippen LogP contribution in [0.15, 0.2) is 47.6 Å². The van der Waals surface area contributed by atoms with Crippen LogP contribution in [0.25, 0.3) is 0 Å². The Bertz CT molecular complexity index is 696. The minimum Gasteiger partial charge on any atom is -0.497 e. The first-order chi connectivity index (χ1) is 13.2. The fourth-order valence-electron chi connectivity index (χ4n) is 2.34. The number of aliphatic imine (C=N–C) groups is 1. The summed E-state index contributed by atoms with van der Waals surface area (Å²) in [5.74, 6) is 2.47. The number of benzene rings is 1. The van der Waals surface area contributed by atoms with E-state index in [1.165, 1.54) is 0 Å². The first kappa shape index (κ1) is 24.3. The van der Waals surface area contributed by atoms with Crippen LogP contribution in [0.1, 0.15) is 18.9 Å². The quantitative estimate of drug-likeness (QED) is 0.164. The topological polar surface area (TPSA) is 67.8 Å². The fourth-order valence-corrected chi connectivity index (χ4v) is 2.45. The highest BCUT2D eigenvalue weighted by Gasteiger charge is 1.99. The Kier molecular flexibility index (Phi) is 12.4. The average molecular weight is 519 g/mol. The zero-order valence-electron chi connectivity index (χ0n) is 16.3. The Labute approximate surface area is 189 Å². The van der Waals surface area contributed by atoms with E-state index in [4.69, 9.17) is 21.1 Å². The highest BCUT2D eigenvalue weighted by molar-refractivity contribution is 14.0. The van der Waals surface area contributed by atoms with Crippen molar-refractivity contribution in [3.8, 4) is 11.5 Å². The molecule has 8 heteroatoms. The highest BCUT2D eigenvalue weighted by Crippen LogP contribution is 2.16. The monoisotopic (exact) mass is 518 g/mol. The van der Waals surface area contributed by atoms with Crippen molar-refractivity contribution < 1.29 is 9.47 Å². The standard InChI is InChI=1S/C20H27ClN4O2.HI/c1-3-22-20(24-13-11-16-5-10-19(21)25-15-16)23-12-4-14-27-18-8-6-17(26-2)7-9-18;/h5-10,15H,3-4,11-14H2,1-2H3,(H2,22,23,24);1H. The van der Waals surface area contributed by atoms with E-state index in [0.717, 1.165) is 49.0 Å². The van der Waals surface area contributed by atoms with Crippen molar-refractivity contribution in [3.63, 3.8) is 0 Å². The molecule has 2 rings (SSSR count). The zero-order valence-corrected chi connectivity index (χ0v) is 19.4. The lowest BCUT2D eigenvalue weighted by atomic mass is 10.2. The molecule has 0 saturated carbocycles. The molecule has 2 N–H and O–H groups in total. The molecule has 1 aromatic carbocycles. The van der Waals surface area contributed by atoms with Crippen LogP contribution in [-0.2, 0) is 6.42 Å². The van der Waals surface area contributed by atoms with Crippen molar-refractivity contribution in [2.45, 2.75) is 19.8 Å². The van der Waals surface area contributed by atoms with Crippen molar-refractivity contribution in [2.75, 3.05) is 33.4 Å². The molecular formula is C20H28ClIN4O2. The smallest absolute Gasteiger partial charge is 0.191 e. The van der Waals surface area contributed by atoms with Crippen LogP contribution in [-0.4, -0.2) is 44.3 Å². The van der Waals surface area contributed by atoms with E-state index in [1.54, 1.807) is 19.4 Å². The third-order valence-electron chi connectivity index (χ3n) is 3.74. The van der Waals surface area contributed by atoms with E-state index in [-0.39, 0.29) is 24.0 Å². The second-order valence-corrected chi connectivity index (χ2v) is 6.19. The molecule has 28 heavy (non-hydrogen) atoms. The maximum absolute atomic E-state index is 5.80. The van der Waals surface area contributed by atoms with Gasteiger partial charge in [-0.25, -0.2) is 4.98 Å². The van der Waals surface area contributed by atoms with Crippen molar-refractivity contribution in [1.82, 2.24) is 15.6 Å². The Hall–Kier alpha value is -1.74. The maximum atomic E-state index is 5.80. The van der Waals surface area contributed by atoms with Crippen molar-refractivity contribution in [2.24, 2.45) is 4.99 Å². The highest BCUT2D eigenvalue weighted by atomic mass is 127. The summed E-state index contributed by atoms with van der Waals surface area (Å²) in [7, 11) is 1.65. The number of aromatic nitrogens is 1. The van der Waals surface area contributed by atoms with Crippen LogP contribution in [0.5, 0.6) is 11.5 Å². The van der Waals surface area contributed by atoms with Crippen LogP contribution in [0.4, 0.5) is 0 Å². The molecule has 154 valence electrons. The third-order valence-corrected chi connectivity index (χ3v) is 3.96. The van der Waals surface area contributed by atoms with Gasteiger partial charge in [-0.2, -0.15) is 0 Å². The number of hydrogen-bond donors (Lipinski definition) is 2. The lowest BCUT2D eigenvalue weighted by Gasteiger charge is -2.11. The van der Waals surface area contributed by atoms with E-state index < -0.39 is 0 Å². The largest absolute Gasteiger partial charge is 0.497 e. The van der Waals surface area contributed by atoms with Crippen LogP contribution >= 0.6 is 35.6 Å². The van der Waals surface area contributed by atoms with Gasteiger partial charge in [0, 0.05) is 32.3 Å². The van der Waals surface area contributed by atoms with Gasteiger partial charge < -0.3 is 20.1 Å². The number of methoxy groups -OCH3 is 1. The minimum atomic E-state index is 0. The Morgan fingerprint density at radius 1 is 1.11 bits per heavy atom. The van der Waals surface area contributed by atoms with Crippen LogP contribution in [0.2, 0.25) is 5.15 Å². The van der Waals surface area contributed by atoms with Gasteiger partial charge in [0.1, 0.15) is 16.7 Å². The van der Waals surface area contributed by atoms with Crippen LogP contribution < -0.4 is 20.1 Å². The zero-order chi connectivity index (χ0) is 19.3. The summed E-state index contributed by atoms with van der Waals surface area (Å²) in [6.07, 6.45) is 3.49. The number of guanidine groups is 1. The number of pyridine rings is 1. The molecule has 0 bridgehead atoms. The molecule has 0 aliphatic rings. The minimum absolute atomic E-state index is 0. The number of halogens is 2. The predicted octanol–water partition coefficient (Wildman–Crippen LogP) is 3.93. The van der Waals surface area contributed by atoms with E-state index in [1.807, 2.05) is 37.3 Å². The molecule has 1 heterocycles. The van der Waals surface area contributed by atoms with Crippen molar-refractivity contribution in [1.29, 1.82) is 0 Å². The third kappa shape index (κ3) is 9.45. The molecule has 0 spiro atoms. The molecular weight excluding hydrogens is 491 g/mol. The number of nitrogens with zero attached hydrogens (tertiary/aromatic N) is 2. The molecule has 0 amide bonds. The summed E-state index contributed by atoms with van der Waals surface area (Å²) in [4.78, 5) is 8.66. The Morgan fingerprint density at radius 2 is 1.86 bits per heavy atom. The van der Waals surface area contributed by atoms with E-state index >= 15 is 0 Å². The normalized spacial score (nSPS) is 10.8. The lowest BCUT2D eigenvalue weighted by Crippen LogP contribution is -2.38. The lowest BCUT2D eigenvalue weighted by molar-refractivity contribution is 0.312. The SMILES string of the molecule is CCNC(=NCCCOc1ccc(OC)cc1)NCCc1ccc(Cl)nc1.I. The average Bonchev–Trinajstić information content (AvgIpc) is 2.69. The summed E-state index contributed by atoms with van der Waals surface area (Å²) >= 11 is 5.80. The van der Waals surface area contributed by atoms with Crippen LogP contribution in [0, 0.1) is 0 Å². The molecule has 0 radical (unpaired) electrons. The number of nitrogens with one attached hydrogen (secondary N) is 2. The molecule has 0 unspecified atom stereocenters. The van der Waals surface area contributed by atoms with E-state index in [9.17, 15) is 0 Å². The first-order valence-electron chi connectivity index (χ1n) is 9.10. The summed E-state index contributed by atoms with van der Waals surface area (Å²) in [5, 5.41) is 7.09. The van der Waals surface area contributed by atoms with Crippen LogP contribution in [0.3, 0.4) is 0 Å². The Balaban J connectivity index is 0.00000392. The van der Waals surface area contributed by atoms with E-state index in [2.05, 4.69) is 20.6 Å². The van der Waals surface area contributed by atoms with Gasteiger partial charge in [0.05, 0.1) is 13.7 Å². The molecule has 0 saturated heterocycles. The molecule has 0 aliphatic heterocycles. The summed E-state index contributed by atoms with van der Waals surface area (Å²) < 4.78 is 10.8. The second kappa shape index (κ2) is 14.3.